The number of nitrogens with one attached hydrogen (secondary N) is 1. The van der Waals surface area contributed by atoms with Crippen molar-refractivity contribution in [3.05, 3.63) is 0 Å². The Hall–Kier alpha value is -0.0800. The summed E-state index contributed by atoms with van der Waals surface area (Å²) >= 11 is 0. The molecule has 0 spiro atoms. The molecule has 1 atom stereocenters. The molecule has 0 bridgehead atoms. The summed E-state index contributed by atoms with van der Waals surface area (Å²) in [5.41, 5.74) is 0. The van der Waals surface area contributed by atoms with Crippen molar-refractivity contribution in [2.45, 2.75) is 64.5 Å². The summed E-state index contributed by atoms with van der Waals surface area (Å²) < 4.78 is 0. The van der Waals surface area contributed by atoms with Gasteiger partial charge < -0.3 is 10.2 Å². The molecule has 0 radical (unpaired) electrons. The molecule has 1 unspecified atom stereocenters. The van der Waals surface area contributed by atoms with Gasteiger partial charge in [-0.25, -0.2) is 0 Å². The van der Waals surface area contributed by atoms with Crippen molar-refractivity contribution in [3.8, 4) is 0 Å². The second kappa shape index (κ2) is 7.24. The van der Waals surface area contributed by atoms with E-state index in [4.69, 9.17) is 0 Å². The topological polar surface area (TPSA) is 15.3 Å². The Morgan fingerprint density at radius 1 is 1.27 bits per heavy atom. The van der Waals surface area contributed by atoms with Gasteiger partial charge in [0.2, 0.25) is 0 Å². The predicted molar refractivity (Wildman–Crippen MR) is 67.3 cm³/mol. The van der Waals surface area contributed by atoms with Gasteiger partial charge in [-0.1, -0.05) is 26.2 Å². The molecule has 1 N–H and O–H groups in total. The molecule has 2 nitrogen and oxygen atoms in total. The van der Waals surface area contributed by atoms with Gasteiger partial charge in [-0.05, 0) is 46.3 Å². The van der Waals surface area contributed by atoms with Gasteiger partial charge in [0, 0.05) is 12.1 Å². The van der Waals surface area contributed by atoms with E-state index in [1.165, 1.54) is 45.1 Å². The summed E-state index contributed by atoms with van der Waals surface area (Å²) in [5, 5.41) is 3.48. The van der Waals surface area contributed by atoms with Crippen LogP contribution in [0.2, 0.25) is 0 Å². The van der Waals surface area contributed by atoms with Crippen molar-refractivity contribution in [3.63, 3.8) is 0 Å². The van der Waals surface area contributed by atoms with Crippen molar-refractivity contribution in [2.75, 3.05) is 20.1 Å². The van der Waals surface area contributed by atoms with Crippen molar-refractivity contribution >= 4 is 0 Å². The van der Waals surface area contributed by atoms with Crippen molar-refractivity contribution in [1.82, 2.24) is 10.2 Å². The zero-order valence-electron chi connectivity index (χ0n) is 10.8. The molecule has 1 saturated carbocycles. The predicted octanol–water partition coefficient (Wildman–Crippen LogP) is 2.64. The third-order valence-electron chi connectivity index (χ3n) is 3.67. The van der Waals surface area contributed by atoms with E-state index in [1.807, 2.05) is 0 Å². The molecule has 90 valence electrons. The van der Waals surface area contributed by atoms with Crippen LogP contribution in [-0.2, 0) is 0 Å². The monoisotopic (exact) mass is 212 g/mol. The first-order valence-corrected chi connectivity index (χ1v) is 6.67. The third kappa shape index (κ3) is 4.98. The Balaban J connectivity index is 2.13. The molecule has 0 amide bonds. The van der Waals surface area contributed by atoms with Gasteiger partial charge in [0.25, 0.3) is 0 Å². The highest BCUT2D eigenvalue weighted by molar-refractivity contribution is 4.74. The van der Waals surface area contributed by atoms with Crippen LogP contribution in [-0.4, -0.2) is 37.1 Å². The quantitative estimate of drug-likeness (QED) is 0.728. The van der Waals surface area contributed by atoms with Gasteiger partial charge in [0.15, 0.2) is 0 Å². The first kappa shape index (κ1) is 13.0. The van der Waals surface area contributed by atoms with Crippen LogP contribution in [0.3, 0.4) is 0 Å². The lowest BCUT2D eigenvalue weighted by Gasteiger charge is -2.31. The zero-order chi connectivity index (χ0) is 11.1. The minimum atomic E-state index is 0.668. The molecule has 1 rings (SSSR count). The maximum absolute atomic E-state index is 3.48. The summed E-state index contributed by atoms with van der Waals surface area (Å²) in [7, 11) is 2.30. The second-order valence-electron chi connectivity index (χ2n) is 5.02. The minimum absolute atomic E-state index is 0.668. The van der Waals surface area contributed by atoms with Crippen LogP contribution in [0.1, 0.15) is 52.4 Å². The fourth-order valence-electron chi connectivity index (χ4n) is 2.55. The largest absolute Gasteiger partial charge is 0.314 e. The van der Waals surface area contributed by atoms with E-state index in [0.29, 0.717) is 6.04 Å². The molecule has 0 aromatic rings. The Morgan fingerprint density at radius 2 is 1.93 bits per heavy atom. The van der Waals surface area contributed by atoms with E-state index < -0.39 is 0 Å². The summed E-state index contributed by atoms with van der Waals surface area (Å²) in [4.78, 5) is 2.58. The van der Waals surface area contributed by atoms with Crippen molar-refractivity contribution < 1.29 is 0 Å². The van der Waals surface area contributed by atoms with E-state index in [0.717, 1.165) is 12.6 Å². The molecule has 0 aromatic carbocycles. The molecule has 1 fully saturated rings. The molecule has 0 saturated heterocycles. The Bertz CT molecular complexity index is 153. The molecule has 1 aliphatic carbocycles. The second-order valence-corrected chi connectivity index (χ2v) is 5.02. The van der Waals surface area contributed by atoms with Crippen LogP contribution in [0.5, 0.6) is 0 Å². The third-order valence-corrected chi connectivity index (χ3v) is 3.67. The number of hydrogen-bond donors (Lipinski definition) is 1. The van der Waals surface area contributed by atoms with Crippen molar-refractivity contribution in [2.24, 2.45) is 0 Å². The van der Waals surface area contributed by atoms with Crippen LogP contribution in [0.15, 0.2) is 0 Å². The first-order chi connectivity index (χ1) is 7.24. The summed E-state index contributed by atoms with van der Waals surface area (Å²) in [6, 6.07) is 1.54. The van der Waals surface area contributed by atoms with Crippen molar-refractivity contribution in [1.29, 1.82) is 0 Å². The lowest BCUT2D eigenvalue weighted by molar-refractivity contribution is 0.185. The highest BCUT2D eigenvalue weighted by Gasteiger charge is 2.17. The van der Waals surface area contributed by atoms with Gasteiger partial charge >= 0.3 is 0 Å². The molecule has 0 aliphatic heterocycles. The molecule has 15 heavy (non-hydrogen) atoms. The highest BCUT2D eigenvalue weighted by Crippen LogP contribution is 2.21. The van der Waals surface area contributed by atoms with E-state index in [2.05, 4.69) is 31.1 Å². The highest BCUT2D eigenvalue weighted by atomic mass is 15.1. The first-order valence-electron chi connectivity index (χ1n) is 6.67. The minimum Gasteiger partial charge on any atom is -0.314 e. The van der Waals surface area contributed by atoms with E-state index in [-0.39, 0.29) is 0 Å². The lowest BCUT2D eigenvalue weighted by Crippen LogP contribution is -2.37. The fraction of sp³-hybridized carbons (Fsp3) is 1.00. The van der Waals surface area contributed by atoms with Gasteiger partial charge in [0.05, 0.1) is 0 Å². The molecular weight excluding hydrogens is 184 g/mol. The van der Waals surface area contributed by atoms with E-state index in [1.54, 1.807) is 0 Å². The summed E-state index contributed by atoms with van der Waals surface area (Å²) in [6.45, 7) is 6.81. The summed E-state index contributed by atoms with van der Waals surface area (Å²) in [5.74, 6) is 0. The van der Waals surface area contributed by atoms with Gasteiger partial charge in [-0.15, -0.1) is 0 Å². The molecule has 0 aromatic heterocycles. The van der Waals surface area contributed by atoms with Crippen LogP contribution in [0, 0.1) is 0 Å². The Labute approximate surface area is 95.4 Å². The van der Waals surface area contributed by atoms with Gasteiger partial charge in [0.1, 0.15) is 0 Å². The average Bonchev–Trinajstić information content (AvgIpc) is 2.27. The van der Waals surface area contributed by atoms with Gasteiger partial charge in [-0.3, -0.25) is 0 Å². The van der Waals surface area contributed by atoms with Crippen LogP contribution in [0.4, 0.5) is 0 Å². The maximum Gasteiger partial charge on any atom is 0.00922 e. The average molecular weight is 212 g/mol. The molecule has 0 heterocycles. The number of nitrogens with zero attached hydrogens (tertiary/aromatic N) is 1. The fourth-order valence-corrected chi connectivity index (χ4v) is 2.55. The molecular formula is C13H28N2. The smallest absolute Gasteiger partial charge is 0.00922 e. The van der Waals surface area contributed by atoms with Crippen LogP contribution >= 0.6 is 0 Å². The number of hydrogen-bond acceptors (Lipinski definition) is 2. The van der Waals surface area contributed by atoms with E-state index >= 15 is 0 Å². The molecule has 2 heteroatoms. The molecule has 1 aliphatic rings. The maximum atomic E-state index is 3.48. The zero-order valence-corrected chi connectivity index (χ0v) is 10.8. The summed E-state index contributed by atoms with van der Waals surface area (Å²) in [6.07, 6.45) is 8.46. The van der Waals surface area contributed by atoms with Crippen LogP contribution in [0.25, 0.3) is 0 Å². The van der Waals surface area contributed by atoms with E-state index in [9.17, 15) is 0 Å². The Kier molecular flexibility index (Phi) is 6.26. The number of rotatable bonds is 6. The lowest BCUT2D eigenvalue weighted by atomic mass is 9.94. The standard InChI is InChI=1S/C13H28N2/c1-4-14-12(2)10-11-15(3)13-8-6-5-7-9-13/h12-14H,4-11H2,1-3H3. The normalized spacial score (nSPS) is 20.8. The SMILES string of the molecule is CCNC(C)CCN(C)C1CCCCC1. The van der Waals surface area contributed by atoms with Crippen LogP contribution < -0.4 is 5.32 Å². The Morgan fingerprint density at radius 3 is 2.53 bits per heavy atom. The van der Waals surface area contributed by atoms with Gasteiger partial charge in [-0.2, -0.15) is 0 Å².